The first kappa shape index (κ1) is 25.4. The van der Waals surface area contributed by atoms with Crippen molar-refractivity contribution < 1.29 is 15.0 Å². The first-order chi connectivity index (χ1) is 12.7. The maximum Gasteiger partial charge on any atom is 0.220 e. The minimum atomic E-state index is -0.646. The van der Waals surface area contributed by atoms with Crippen LogP contribution in [0.3, 0.4) is 0 Å². The van der Waals surface area contributed by atoms with Crippen LogP contribution in [-0.2, 0) is 4.79 Å². The second-order valence-corrected chi connectivity index (χ2v) is 7.71. The van der Waals surface area contributed by atoms with Crippen molar-refractivity contribution in [3.63, 3.8) is 0 Å². The molecule has 0 spiro atoms. The van der Waals surface area contributed by atoms with E-state index in [0.29, 0.717) is 12.8 Å². The van der Waals surface area contributed by atoms with E-state index in [-0.39, 0.29) is 12.5 Å². The number of aliphatic hydroxyl groups excluding tert-OH is 2. The van der Waals surface area contributed by atoms with Crippen LogP contribution in [0, 0.1) is 0 Å². The fourth-order valence-electron chi connectivity index (χ4n) is 3.30. The summed E-state index contributed by atoms with van der Waals surface area (Å²) >= 11 is 0. The Morgan fingerprint density at radius 3 is 1.73 bits per heavy atom. The van der Waals surface area contributed by atoms with E-state index in [0.717, 1.165) is 32.1 Å². The highest BCUT2D eigenvalue weighted by Gasteiger charge is 2.19. The zero-order valence-electron chi connectivity index (χ0n) is 17.5. The van der Waals surface area contributed by atoms with Crippen LogP contribution >= 0.6 is 0 Å². The Morgan fingerprint density at radius 1 is 0.769 bits per heavy atom. The van der Waals surface area contributed by atoms with Crippen molar-refractivity contribution in [2.45, 2.75) is 129 Å². The molecule has 0 aromatic rings. The highest BCUT2D eigenvalue weighted by molar-refractivity contribution is 5.76. The van der Waals surface area contributed by atoms with Gasteiger partial charge in [0.15, 0.2) is 0 Å². The van der Waals surface area contributed by atoms with Gasteiger partial charge in [0.05, 0.1) is 18.8 Å². The summed E-state index contributed by atoms with van der Waals surface area (Å²) in [6, 6.07) is -0.521. The second-order valence-electron chi connectivity index (χ2n) is 7.71. The molecule has 0 saturated carbocycles. The third-order valence-electron chi connectivity index (χ3n) is 5.12. The van der Waals surface area contributed by atoms with Gasteiger partial charge in [0.1, 0.15) is 0 Å². The molecule has 4 nitrogen and oxygen atoms in total. The molecule has 0 radical (unpaired) electrons. The normalized spacial score (nSPS) is 13.5. The molecule has 0 aromatic carbocycles. The number of aliphatic hydroxyl groups is 2. The second kappa shape index (κ2) is 19.2. The first-order valence-electron chi connectivity index (χ1n) is 11.2. The van der Waals surface area contributed by atoms with E-state index in [1.54, 1.807) is 0 Å². The van der Waals surface area contributed by atoms with E-state index >= 15 is 0 Å². The summed E-state index contributed by atoms with van der Waals surface area (Å²) in [4.78, 5) is 12.0. The molecule has 3 N–H and O–H groups in total. The molecule has 2 atom stereocenters. The standard InChI is InChI=1S/C22H45NO3/c1-3-5-7-8-9-10-11-12-13-14-16-18-22(26)23-20(19-24)21(25)17-15-6-4-2/h20-21,24-25H,3-19H2,1-2H3,(H,23,26). The van der Waals surface area contributed by atoms with Gasteiger partial charge in [0.25, 0.3) is 0 Å². The smallest absolute Gasteiger partial charge is 0.220 e. The predicted molar refractivity (Wildman–Crippen MR) is 110 cm³/mol. The van der Waals surface area contributed by atoms with Crippen molar-refractivity contribution in [3.05, 3.63) is 0 Å². The van der Waals surface area contributed by atoms with Crippen molar-refractivity contribution in [1.29, 1.82) is 0 Å². The average Bonchev–Trinajstić information content (AvgIpc) is 2.64. The van der Waals surface area contributed by atoms with Gasteiger partial charge in [-0.3, -0.25) is 4.79 Å². The van der Waals surface area contributed by atoms with Gasteiger partial charge < -0.3 is 15.5 Å². The lowest BCUT2D eigenvalue weighted by molar-refractivity contribution is -0.123. The first-order valence-corrected chi connectivity index (χ1v) is 11.2. The van der Waals surface area contributed by atoms with Crippen LogP contribution in [0.15, 0.2) is 0 Å². The third kappa shape index (κ3) is 15.6. The Labute approximate surface area is 162 Å². The van der Waals surface area contributed by atoms with Gasteiger partial charge in [-0.15, -0.1) is 0 Å². The van der Waals surface area contributed by atoms with Gasteiger partial charge in [-0.25, -0.2) is 0 Å². The average molecular weight is 372 g/mol. The summed E-state index contributed by atoms with van der Waals surface area (Å²) in [6.07, 6.45) is 17.5. The maximum absolute atomic E-state index is 12.0. The Bertz CT molecular complexity index is 310. The number of carbonyl (C=O) groups excluding carboxylic acids is 1. The van der Waals surface area contributed by atoms with Crippen LogP contribution in [0.2, 0.25) is 0 Å². The summed E-state index contributed by atoms with van der Waals surface area (Å²) in [6.45, 7) is 4.17. The van der Waals surface area contributed by atoms with Crippen LogP contribution in [0.5, 0.6) is 0 Å². The summed E-state index contributed by atoms with van der Waals surface area (Å²) in [7, 11) is 0. The Hall–Kier alpha value is -0.610. The van der Waals surface area contributed by atoms with Crippen LogP contribution in [0.25, 0.3) is 0 Å². The molecular formula is C22H45NO3. The predicted octanol–water partition coefficient (Wildman–Crippen LogP) is 5.11. The Morgan fingerprint density at radius 2 is 1.23 bits per heavy atom. The lowest BCUT2D eigenvalue weighted by Crippen LogP contribution is -2.45. The topological polar surface area (TPSA) is 69.6 Å². The summed E-state index contributed by atoms with van der Waals surface area (Å²) in [5.74, 6) is -0.0467. The highest BCUT2D eigenvalue weighted by Crippen LogP contribution is 2.12. The largest absolute Gasteiger partial charge is 0.394 e. The monoisotopic (exact) mass is 371 g/mol. The molecule has 26 heavy (non-hydrogen) atoms. The van der Waals surface area contributed by atoms with Gasteiger partial charge in [0, 0.05) is 6.42 Å². The molecule has 0 aromatic heterocycles. The lowest BCUT2D eigenvalue weighted by atomic mass is 10.0. The fraction of sp³-hybridized carbons (Fsp3) is 0.955. The van der Waals surface area contributed by atoms with E-state index in [1.165, 1.54) is 57.8 Å². The van der Waals surface area contributed by atoms with Crippen molar-refractivity contribution in [2.75, 3.05) is 6.61 Å². The number of rotatable bonds is 19. The van der Waals surface area contributed by atoms with Crippen molar-refractivity contribution in [1.82, 2.24) is 5.32 Å². The Kier molecular flexibility index (Phi) is 18.7. The van der Waals surface area contributed by atoms with E-state index < -0.39 is 12.1 Å². The quantitative estimate of drug-likeness (QED) is 0.276. The van der Waals surface area contributed by atoms with Crippen molar-refractivity contribution in [3.8, 4) is 0 Å². The summed E-state index contributed by atoms with van der Waals surface area (Å²) in [5, 5.41) is 22.2. The molecule has 4 heteroatoms. The van der Waals surface area contributed by atoms with E-state index in [4.69, 9.17) is 0 Å². The number of nitrogens with one attached hydrogen (secondary N) is 1. The minimum absolute atomic E-state index is 0.0467. The van der Waals surface area contributed by atoms with E-state index in [2.05, 4.69) is 19.2 Å². The van der Waals surface area contributed by atoms with Crippen molar-refractivity contribution in [2.24, 2.45) is 0 Å². The number of hydrogen-bond donors (Lipinski definition) is 3. The molecule has 0 aliphatic rings. The van der Waals surface area contributed by atoms with E-state index in [1.807, 2.05) is 0 Å². The number of hydrogen-bond acceptors (Lipinski definition) is 3. The number of unbranched alkanes of at least 4 members (excludes halogenated alkanes) is 12. The van der Waals surface area contributed by atoms with Crippen molar-refractivity contribution >= 4 is 5.91 Å². The molecule has 1 amide bonds. The van der Waals surface area contributed by atoms with Gasteiger partial charge in [0.2, 0.25) is 5.91 Å². The molecule has 0 saturated heterocycles. The zero-order valence-corrected chi connectivity index (χ0v) is 17.5. The van der Waals surface area contributed by atoms with Gasteiger partial charge >= 0.3 is 0 Å². The van der Waals surface area contributed by atoms with Gasteiger partial charge in [-0.1, -0.05) is 97.3 Å². The molecule has 0 fully saturated rings. The number of carbonyl (C=O) groups is 1. The van der Waals surface area contributed by atoms with Gasteiger partial charge in [-0.05, 0) is 12.8 Å². The molecule has 0 aliphatic heterocycles. The van der Waals surface area contributed by atoms with Crippen LogP contribution in [0.4, 0.5) is 0 Å². The molecule has 0 rings (SSSR count). The third-order valence-corrected chi connectivity index (χ3v) is 5.12. The molecule has 0 bridgehead atoms. The lowest BCUT2D eigenvalue weighted by Gasteiger charge is -2.22. The molecule has 2 unspecified atom stereocenters. The highest BCUT2D eigenvalue weighted by atomic mass is 16.3. The number of amides is 1. The van der Waals surface area contributed by atoms with Gasteiger partial charge in [-0.2, -0.15) is 0 Å². The van der Waals surface area contributed by atoms with E-state index in [9.17, 15) is 15.0 Å². The zero-order chi connectivity index (χ0) is 19.5. The minimum Gasteiger partial charge on any atom is -0.394 e. The maximum atomic E-state index is 12.0. The SMILES string of the molecule is CCCCCCCCCCCCCC(=O)NC(CO)C(O)CCCCC. The summed E-state index contributed by atoms with van der Waals surface area (Å²) < 4.78 is 0. The molecule has 156 valence electrons. The molecular weight excluding hydrogens is 326 g/mol. The van der Waals surface area contributed by atoms with Crippen LogP contribution < -0.4 is 5.32 Å². The summed E-state index contributed by atoms with van der Waals surface area (Å²) in [5.41, 5.74) is 0. The van der Waals surface area contributed by atoms with Crippen LogP contribution in [0.1, 0.15) is 117 Å². The molecule has 0 heterocycles. The fourth-order valence-corrected chi connectivity index (χ4v) is 3.30. The van der Waals surface area contributed by atoms with Crippen LogP contribution in [-0.4, -0.2) is 34.9 Å². The Balaban J connectivity index is 3.57. The molecule has 0 aliphatic carbocycles.